The van der Waals surface area contributed by atoms with Crippen molar-refractivity contribution in [1.29, 1.82) is 0 Å². The lowest BCUT2D eigenvalue weighted by atomic mass is 9.82. The molecule has 22 heavy (non-hydrogen) atoms. The molecular formula is C17H29ClN2O2. The predicted octanol–water partition coefficient (Wildman–Crippen LogP) is 2.07. The molecule has 4 saturated heterocycles. The van der Waals surface area contributed by atoms with Gasteiger partial charge in [0.25, 0.3) is 0 Å². The van der Waals surface area contributed by atoms with Crippen molar-refractivity contribution in [3.8, 4) is 0 Å². The zero-order valence-electron chi connectivity index (χ0n) is 13.5. The molecule has 5 unspecified atom stereocenters. The first-order valence-electron chi connectivity index (χ1n) is 8.86. The Morgan fingerprint density at radius 2 is 1.73 bits per heavy atom. The number of fused-ring (bicyclic) bond motifs is 5. The van der Waals surface area contributed by atoms with Crippen molar-refractivity contribution >= 4 is 18.3 Å². The molecule has 0 aromatic heterocycles. The summed E-state index contributed by atoms with van der Waals surface area (Å²) in [6.07, 6.45) is 6.58. The Labute approximate surface area is 139 Å². The molecule has 4 fully saturated rings. The number of likely N-dealkylation sites (tertiary alicyclic amines) is 1. The molecule has 5 atom stereocenters. The molecule has 0 spiro atoms. The minimum atomic E-state index is 0. The minimum Gasteiger partial charge on any atom is -0.374 e. The third-order valence-corrected chi connectivity index (χ3v) is 6.49. The summed E-state index contributed by atoms with van der Waals surface area (Å²) in [5.74, 6) is 2.95. The maximum atomic E-state index is 12.6. The van der Waals surface area contributed by atoms with E-state index in [1.165, 1.54) is 25.7 Å². The van der Waals surface area contributed by atoms with Crippen LogP contribution in [0.25, 0.3) is 0 Å². The van der Waals surface area contributed by atoms with Gasteiger partial charge in [0.1, 0.15) is 0 Å². The van der Waals surface area contributed by atoms with E-state index in [-0.39, 0.29) is 12.4 Å². The van der Waals surface area contributed by atoms with Crippen LogP contribution in [-0.2, 0) is 9.53 Å². The lowest BCUT2D eigenvalue weighted by Gasteiger charge is -2.29. The second-order valence-corrected chi connectivity index (χ2v) is 7.69. The fourth-order valence-electron chi connectivity index (χ4n) is 5.15. The average molecular weight is 329 g/mol. The number of nitrogens with one attached hydrogen (secondary N) is 1. The van der Waals surface area contributed by atoms with Crippen LogP contribution < -0.4 is 5.32 Å². The molecule has 4 nitrogen and oxygen atoms in total. The van der Waals surface area contributed by atoms with Crippen LogP contribution in [0.5, 0.6) is 0 Å². The monoisotopic (exact) mass is 328 g/mol. The maximum Gasteiger partial charge on any atom is 0.222 e. The highest BCUT2D eigenvalue weighted by atomic mass is 35.5. The summed E-state index contributed by atoms with van der Waals surface area (Å²) in [5, 5.41) is 3.41. The highest BCUT2D eigenvalue weighted by Crippen LogP contribution is 2.47. The summed E-state index contributed by atoms with van der Waals surface area (Å²) in [7, 11) is 0. The first-order valence-corrected chi connectivity index (χ1v) is 8.86. The van der Waals surface area contributed by atoms with Crippen molar-refractivity contribution in [3.63, 3.8) is 0 Å². The third kappa shape index (κ3) is 2.90. The third-order valence-electron chi connectivity index (χ3n) is 6.49. The van der Waals surface area contributed by atoms with Crippen LogP contribution in [0, 0.1) is 23.7 Å². The number of carbonyl (C=O) groups excluding carboxylic acids is 1. The molecule has 4 rings (SSSR count). The molecule has 126 valence electrons. The number of hydrogen-bond donors (Lipinski definition) is 1. The van der Waals surface area contributed by atoms with Crippen molar-refractivity contribution in [1.82, 2.24) is 10.2 Å². The van der Waals surface area contributed by atoms with Gasteiger partial charge in [0.05, 0.1) is 12.2 Å². The minimum absolute atomic E-state index is 0. The van der Waals surface area contributed by atoms with E-state index in [0.717, 1.165) is 38.5 Å². The first-order chi connectivity index (χ1) is 10.2. The van der Waals surface area contributed by atoms with Gasteiger partial charge in [-0.2, -0.15) is 0 Å². The summed E-state index contributed by atoms with van der Waals surface area (Å²) < 4.78 is 6.00. The second-order valence-electron chi connectivity index (χ2n) is 7.69. The van der Waals surface area contributed by atoms with E-state index in [1.54, 1.807) is 0 Å². The van der Waals surface area contributed by atoms with Crippen molar-refractivity contribution in [3.05, 3.63) is 0 Å². The van der Waals surface area contributed by atoms with E-state index < -0.39 is 0 Å². The number of hydrogen-bond acceptors (Lipinski definition) is 3. The fourth-order valence-corrected chi connectivity index (χ4v) is 5.15. The van der Waals surface area contributed by atoms with Crippen LogP contribution in [0.2, 0.25) is 0 Å². The highest BCUT2D eigenvalue weighted by molar-refractivity contribution is 5.85. The van der Waals surface area contributed by atoms with E-state index >= 15 is 0 Å². The van der Waals surface area contributed by atoms with Crippen LogP contribution in [0.15, 0.2) is 0 Å². The van der Waals surface area contributed by atoms with Gasteiger partial charge < -0.3 is 15.0 Å². The number of nitrogens with zero attached hydrogens (tertiary/aromatic N) is 1. The van der Waals surface area contributed by atoms with Crippen LogP contribution in [-0.4, -0.2) is 49.2 Å². The summed E-state index contributed by atoms with van der Waals surface area (Å²) in [5.41, 5.74) is 0. The lowest BCUT2D eigenvalue weighted by Crippen LogP contribution is -2.35. The van der Waals surface area contributed by atoms with Gasteiger partial charge in [-0.3, -0.25) is 4.79 Å². The summed E-state index contributed by atoms with van der Waals surface area (Å²) in [6.45, 7) is 6.44. The van der Waals surface area contributed by atoms with E-state index in [9.17, 15) is 4.79 Å². The van der Waals surface area contributed by atoms with Gasteiger partial charge in [-0.25, -0.2) is 0 Å². The number of rotatable bonds is 3. The number of halogens is 1. The predicted molar refractivity (Wildman–Crippen MR) is 88.1 cm³/mol. The van der Waals surface area contributed by atoms with E-state index in [1.807, 2.05) is 0 Å². The molecule has 4 aliphatic rings. The molecule has 0 radical (unpaired) electrons. The summed E-state index contributed by atoms with van der Waals surface area (Å²) in [4.78, 5) is 14.8. The molecular weight excluding hydrogens is 300 g/mol. The largest absolute Gasteiger partial charge is 0.374 e. The van der Waals surface area contributed by atoms with Gasteiger partial charge in [-0.15, -0.1) is 12.4 Å². The van der Waals surface area contributed by atoms with Gasteiger partial charge in [0.2, 0.25) is 5.91 Å². The van der Waals surface area contributed by atoms with E-state index in [4.69, 9.17) is 4.74 Å². The number of ether oxygens (including phenoxy) is 1. The molecule has 4 heterocycles. The Bertz CT molecular complexity index is 395. The quantitative estimate of drug-likeness (QED) is 0.862. The molecule has 0 aliphatic carbocycles. The Morgan fingerprint density at radius 1 is 1.14 bits per heavy atom. The molecule has 2 bridgehead atoms. The second kappa shape index (κ2) is 6.66. The standard InChI is InChI=1S/C17H28N2O2.ClH/c1-11(12-4-6-18-7-5-12)8-17(20)19-9-13-14(10-19)16-3-2-15(13)21-16;/h11-16,18H,2-10H2,1H3;1H. The Morgan fingerprint density at radius 3 is 2.32 bits per heavy atom. The van der Waals surface area contributed by atoms with E-state index in [0.29, 0.717) is 35.9 Å². The van der Waals surface area contributed by atoms with Crippen LogP contribution in [0.4, 0.5) is 0 Å². The highest BCUT2D eigenvalue weighted by Gasteiger charge is 2.53. The molecule has 0 aromatic rings. The maximum absolute atomic E-state index is 12.6. The average Bonchev–Trinajstić information content (AvgIpc) is 3.20. The van der Waals surface area contributed by atoms with Crippen molar-refractivity contribution in [2.24, 2.45) is 23.7 Å². The molecule has 4 aliphatic heterocycles. The van der Waals surface area contributed by atoms with Gasteiger partial charge in [-0.1, -0.05) is 6.92 Å². The first kappa shape index (κ1) is 16.5. The normalized spacial score (nSPS) is 38.7. The fraction of sp³-hybridized carbons (Fsp3) is 0.941. The van der Waals surface area contributed by atoms with E-state index in [2.05, 4.69) is 17.1 Å². The zero-order chi connectivity index (χ0) is 14.4. The van der Waals surface area contributed by atoms with Crippen LogP contribution in [0.1, 0.15) is 39.0 Å². The summed E-state index contributed by atoms with van der Waals surface area (Å²) in [6, 6.07) is 0. The van der Waals surface area contributed by atoms with Crippen molar-refractivity contribution in [2.45, 2.75) is 51.2 Å². The Kier molecular flexibility index (Phi) is 5.01. The van der Waals surface area contributed by atoms with Crippen LogP contribution >= 0.6 is 12.4 Å². The molecule has 5 heteroatoms. The number of carbonyl (C=O) groups is 1. The molecule has 0 aromatic carbocycles. The SMILES string of the molecule is CC(CC(=O)N1CC2C3CCC(O3)C2C1)C1CCNCC1.Cl. The number of piperidine rings is 1. The molecule has 0 saturated carbocycles. The Hall–Kier alpha value is -0.320. The van der Waals surface area contributed by atoms with Crippen LogP contribution in [0.3, 0.4) is 0 Å². The van der Waals surface area contributed by atoms with Crippen molar-refractivity contribution < 1.29 is 9.53 Å². The lowest BCUT2D eigenvalue weighted by molar-refractivity contribution is -0.132. The Balaban J connectivity index is 0.00000144. The summed E-state index contributed by atoms with van der Waals surface area (Å²) >= 11 is 0. The van der Waals surface area contributed by atoms with Crippen molar-refractivity contribution in [2.75, 3.05) is 26.2 Å². The topological polar surface area (TPSA) is 41.6 Å². The van der Waals surface area contributed by atoms with Gasteiger partial charge in [0.15, 0.2) is 0 Å². The molecule has 1 N–H and O–H groups in total. The zero-order valence-corrected chi connectivity index (χ0v) is 14.3. The van der Waals surface area contributed by atoms with Gasteiger partial charge in [-0.05, 0) is 50.6 Å². The van der Waals surface area contributed by atoms with Gasteiger partial charge >= 0.3 is 0 Å². The van der Waals surface area contributed by atoms with Gasteiger partial charge in [0, 0.05) is 31.3 Å². The smallest absolute Gasteiger partial charge is 0.222 e. The molecule has 1 amide bonds. The number of amides is 1.